The molecule has 160 valence electrons. The highest BCUT2D eigenvalue weighted by molar-refractivity contribution is 5.81. The number of rotatable bonds is 4. The van der Waals surface area contributed by atoms with Crippen LogP contribution in [0.2, 0.25) is 0 Å². The molecular formula is C24H40O4. The Morgan fingerprint density at radius 3 is 2.50 bits per heavy atom. The van der Waals surface area contributed by atoms with Crippen LogP contribution in [0.15, 0.2) is 0 Å². The second-order valence-electron chi connectivity index (χ2n) is 11.1. The molecule has 4 saturated carbocycles. The lowest BCUT2D eigenvalue weighted by Gasteiger charge is -2.62. The number of ketones is 1. The summed E-state index contributed by atoms with van der Waals surface area (Å²) < 4.78 is 0. The van der Waals surface area contributed by atoms with Crippen LogP contribution >= 0.6 is 0 Å². The third-order valence-corrected chi connectivity index (χ3v) is 10.3. The second kappa shape index (κ2) is 7.35. The first-order valence-corrected chi connectivity index (χ1v) is 11.7. The van der Waals surface area contributed by atoms with Crippen LogP contribution in [-0.2, 0) is 4.79 Å². The van der Waals surface area contributed by atoms with Crippen molar-refractivity contribution in [2.75, 3.05) is 6.61 Å². The Morgan fingerprint density at radius 2 is 1.79 bits per heavy atom. The molecule has 0 aliphatic heterocycles. The van der Waals surface area contributed by atoms with Gasteiger partial charge in [-0.2, -0.15) is 0 Å². The first-order valence-electron chi connectivity index (χ1n) is 11.7. The van der Waals surface area contributed by atoms with Gasteiger partial charge in [0.2, 0.25) is 0 Å². The van der Waals surface area contributed by atoms with E-state index >= 15 is 0 Å². The minimum Gasteiger partial charge on any atom is -0.396 e. The molecule has 4 fully saturated rings. The molecule has 0 radical (unpaired) electrons. The summed E-state index contributed by atoms with van der Waals surface area (Å²) in [5.74, 6) is 2.59. The molecule has 3 unspecified atom stereocenters. The first kappa shape index (κ1) is 20.8. The van der Waals surface area contributed by atoms with Crippen LogP contribution < -0.4 is 0 Å². The van der Waals surface area contributed by atoms with Crippen LogP contribution in [0.5, 0.6) is 0 Å². The van der Waals surface area contributed by atoms with Gasteiger partial charge in [-0.25, -0.2) is 0 Å². The van der Waals surface area contributed by atoms with Crippen molar-refractivity contribution < 1.29 is 20.1 Å². The molecule has 4 aliphatic rings. The minimum absolute atomic E-state index is 0.0745. The van der Waals surface area contributed by atoms with Crippen LogP contribution in [0, 0.1) is 46.3 Å². The maximum atomic E-state index is 12.5. The number of carbonyl (C=O) groups is 1. The fourth-order valence-electron chi connectivity index (χ4n) is 8.61. The van der Waals surface area contributed by atoms with Crippen molar-refractivity contribution in [1.29, 1.82) is 0 Å². The Kier molecular flexibility index (Phi) is 5.46. The number of fused-ring (bicyclic) bond motifs is 5. The zero-order chi connectivity index (χ0) is 20.3. The van der Waals surface area contributed by atoms with Gasteiger partial charge in [0, 0.05) is 24.4 Å². The summed E-state index contributed by atoms with van der Waals surface area (Å²) in [5.41, 5.74) is 0.0734. The minimum atomic E-state index is -0.349. The van der Waals surface area contributed by atoms with Gasteiger partial charge in [-0.3, -0.25) is 4.79 Å². The highest BCUT2D eigenvalue weighted by atomic mass is 16.3. The maximum absolute atomic E-state index is 12.5. The lowest BCUT2D eigenvalue weighted by Crippen LogP contribution is -2.59. The molecule has 0 saturated heterocycles. The quantitative estimate of drug-likeness (QED) is 0.683. The lowest BCUT2D eigenvalue weighted by atomic mass is 9.43. The summed E-state index contributed by atoms with van der Waals surface area (Å²) in [7, 11) is 0. The summed E-state index contributed by atoms with van der Waals surface area (Å²) in [5, 5.41) is 30.8. The lowest BCUT2D eigenvalue weighted by molar-refractivity contribution is -0.175. The zero-order valence-corrected chi connectivity index (χ0v) is 17.9. The number of Topliss-reactive ketones (excluding diaryl/α,β-unsaturated/α-hetero) is 1. The molecule has 4 aliphatic carbocycles. The summed E-state index contributed by atoms with van der Waals surface area (Å²) in [6.45, 7) is 6.65. The monoisotopic (exact) mass is 392 g/mol. The predicted molar refractivity (Wildman–Crippen MR) is 108 cm³/mol. The fraction of sp³-hybridized carbons (Fsp3) is 0.958. The Morgan fingerprint density at radius 1 is 1.04 bits per heavy atom. The normalized spacial score (nSPS) is 51.7. The van der Waals surface area contributed by atoms with Gasteiger partial charge in [-0.1, -0.05) is 20.8 Å². The molecule has 4 heteroatoms. The van der Waals surface area contributed by atoms with E-state index in [0.717, 1.165) is 38.5 Å². The van der Waals surface area contributed by atoms with Crippen molar-refractivity contribution in [3.05, 3.63) is 0 Å². The van der Waals surface area contributed by atoms with E-state index in [1.807, 2.05) is 6.92 Å². The Bertz CT molecular complexity index is 605. The SMILES string of the molecule is C[C@H](C(=O)CCO)[C@H]1CCC2C3CC[C@@H]4C[C@H](O)CC[C@]4(C)C3C[C@H](O)[C@@]21C. The third-order valence-electron chi connectivity index (χ3n) is 10.3. The molecule has 0 aromatic heterocycles. The molecule has 4 rings (SSSR count). The number of hydrogen-bond donors (Lipinski definition) is 3. The Balaban J connectivity index is 1.60. The van der Waals surface area contributed by atoms with Crippen LogP contribution in [0.1, 0.15) is 78.6 Å². The van der Waals surface area contributed by atoms with Crippen LogP contribution in [-0.4, -0.2) is 39.9 Å². The summed E-state index contributed by atoms with van der Waals surface area (Å²) in [6.07, 6.45) is 8.12. The molecule has 0 amide bonds. The van der Waals surface area contributed by atoms with Crippen LogP contribution in [0.3, 0.4) is 0 Å². The largest absolute Gasteiger partial charge is 0.396 e. The van der Waals surface area contributed by atoms with Crippen molar-refractivity contribution in [3.63, 3.8) is 0 Å². The van der Waals surface area contributed by atoms with Gasteiger partial charge in [0.05, 0.1) is 12.2 Å². The number of aliphatic hydroxyl groups is 3. The van der Waals surface area contributed by atoms with Crippen molar-refractivity contribution in [3.8, 4) is 0 Å². The van der Waals surface area contributed by atoms with E-state index < -0.39 is 0 Å². The van der Waals surface area contributed by atoms with E-state index in [0.29, 0.717) is 23.7 Å². The maximum Gasteiger partial charge on any atom is 0.138 e. The molecule has 0 aromatic carbocycles. The summed E-state index contributed by atoms with van der Waals surface area (Å²) in [6, 6.07) is 0. The zero-order valence-electron chi connectivity index (χ0n) is 17.9. The van der Waals surface area contributed by atoms with E-state index in [-0.39, 0.29) is 53.7 Å². The van der Waals surface area contributed by atoms with Crippen molar-refractivity contribution >= 4 is 5.78 Å². The van der Waals surface area contributed by atoms with Crippen LogP contribution in [0.4, 0.5) is 0 Å². The molecule has 28 heavy (non-hydrogen) atoms. The van der Waals surface area contributed by atoms with Crippen molar-refractivity contribution in [1.82, 2.24) is 0 Å². The highest BCUT2D eigenvalue weighted by Gasteiger charge is 2.64. The van der Waals surface area contributed by atoms with Gasteiger partial charge in [0.1, 0.15) is 5.78 Å². The number of hydrogen-bond acceptors (Lipinski definition) is 4. The smallest absolute Gasteiger partial charge is 0.138 e. The van der Waals surface area contributed by atoms with E-state index in [4.69, 9.17) is 0 Å². The molecule has 10 atom stereocenters. The van der Waals surface area contributed by atoms with Gasteiger partial charge >= 0.3 is 0 Å². The molecule has 0 heterocycles. The van der Waals surface area contributed by atoms with E-state index in [1.165, 1.54) is 12.8 Å². The molecule has 0 aromatic rings. The van der Waals surface area contributed by atoms with Gasteiger partial charge in [0.25, 0.3) is 0 Å². The third kappa shape index (κ3) is 2.93. The predicted octanol–water partition coefficient (Wildman–Crippen LogP) is 3.56. The van der Waals surface area contributed by atoms with Crippen molar-refractivity contribution in [2.45, 2.75) is 90.8 Å². The topological polar surface area (TPSA) is 77.8 Å². The highest BCUT2D eigenvalue weighted by Crippen LogP contribution is 2.68. The van der Waals surface area contributed by atoms with E-state index in [1.54, 1.807) is 0 Å². The molecule has 3 N–H and O–H groups in total. The van der Waals surface area contributed by atoms with E-state index in [2.05, 4.69) is 13.8 Å². The molecule has 0 spiro atoms. The van der Waals surface area contributed by atoms with Crippen molar-refractivity contribution in [2.24, 2.45) is 46.3 Å². The van der Waals surface area contributed by atoms with Gasteiger partial charge < -0.3 is 15.3 Å². The summed E-state index contributed by atoms with van der Waals surface area (Å²) in [4.78, 5) is 12.5. The average molecular weight is 393 g/mol. The summed E-state index contributed by atoms with van der Waals surface area (Å²) >= 11 is 0. The van der Waals surface area contributed by atoms with Crippen LogP contribution in [0.25, 0.3) is 0 Å². The molecule has 4 nitrogen and oxygen atoms in total. The fourth-order valence-corrected chi connectivity index (χ4v) is 8.61. The van der Waals surface area contributed by atoms with Gasteiger partial charge in [-0.15, -0.1) is 0 Å². The standard InChI is InChI=1S/C24H40O4/c1-14(21(27)9-11-25)18-6-7-19-17-5-4-15-12-16(26)8-10-23(15,2)20(17)13-22(28)24(18,19)3/h14-20,22,25-26,28H,4-13H2,1-3H3/t14-,15+,16+,17?,18+,19?,20?,22-,23-,24+/m0/s1. The number of carbonyl (C=O) groups excluding carboxylic acids is 1. The first-order chi connectivity index (χ1) is 13.2. The second-order valence-corrected chi connectivity index (χ2v) is 11.1. The molecular weight excluding hydrogens is 352 g/mol. The van der Waals surface area contributed by atoms with E-state index in [9.17, 15) is 20.1 Å². The Hall–Kier alpha value is -0.450. The van der Waals surface area contributed by atoms with Gasteiger partial charge in [-0.05, 0) is 86.4 Å². The van der Waals surface area contributed by atoms with Gasteiger partial charge in [0.15, 0.2) is 0 Å². The average Bonchev–Trinajstić information content (AvgIpc) is 3.01. The number of aliphatic hydroxyl groups excluding tert-OH is 3. The Labute approximate surface area is 170 Å². The molecule has 0 bridgehead atoms.